The van der Waals surface area contributed by atoms with Crippen LogP contribution in [-0.2, 0) is 0 Å². The minimum atomic E-state index is -0.279. The lowest BCUT2D eigenvalue weighted by atomic mass is 9.99. The van der Waals surface area contributed by atoms with E-state index in [1.165, 1.54) is 28.8 Å². The topological polar surface area (TPSA) is 21.3 Å². The van der Waals surface area contributed by atoms with Crippen molar-refractivity contribution in [2.24, 2.45) is 0 Å². The molecule has 0 aliphatic rings. The molecular weight excluding hydrogens is 265 g/mol. The Kier molecular flexibility index (Phi) is 5.34. The number of benzene rings is 2. The van der Waals surface area contributed by atoms with Gasteiger partial charge in [-0.3, -0.25) is 0 Å². The molecule has 2 aromatic rings. The number of rotatable bonds is 6. The van der Waals surface area contributed by atoms with E-state index in [9.17, 15) is 4.39 Å². The Morgan fingerprint density at radius 1 is 1.14 bits per heavy atom. The average molecular weight is 287 g/mol. The van der Waals surface area contributed by atoms with Gasteiger partial charge in [0.15, 0.2) is 0 Å². The first-order valence-electron chi connectivity index (χ1n) is 7.29. The first kappa shape index (κ1) is 15.5. The van der Waals surface area contributed by atoms with E-state index < -0.39 is 0 Å². The van der Waals surface area contributed by atoms with Crippen molar-refractivity contribution in [1.82, 2.24) is 5.32 Å². The van der Waals surface area contributed by atoms with E-state index in [-0.39, 0.29) is 11.9 Å². The van der Waals surface area contributed by atoms with Gasteiger partial charge in [-0.25, -0.2) is 4.39 Å². The van der Waals surface area contributed by atoms with Crippen molar-refractivity contribution in [3.05, 3.63) is 65.0 Å². The molecule has 0 heterocycles. The molecule has 112 valence electrons. The average Bonchev–Trinajstić information content (AvgIpc) is 2.44. The first-order valence-corrected chi connectivity index (χ1v) is 7.29. The normalized spacial score (nSPS) is 12.2. The van der Waals surface area contributed by atoms with Gasteiger partial charge in [0.25, 0.3) is 0 Å². The van der Waals surface area contributed by atoms with Crippen LogP contribution in [0.4, 0.5) is 4.39 Å². The molecule has 0 aromatic heterocycles. The van der Waals surface area contributed by atoms with Gasteiger partial charge in [-0.1, -0.05) is 36.8 Å². The zero-order valence-electron chi connectivity index (χ0n) is 12.8. The van der Waals surface area contributed by atoms with Gasteiger partial charge in [0.1, 0.15) is 18.2 Å². The van der Waals surface area contributed by atoms with Crippen LogP contribution in [0.25, 0.3) is 0 Å². The number of aryl methyl sites for hydroxylation is 2. The van der Waals surface area contributed by atoms with Crippen molar-refractivity contribution in [2.45, 2.75) is 26.8 Å². The van der Waals surface area contributed by atoms with Crippen LogP contribution in [0.15, 0.2) is 42.5 Å². The van der Waals surface area contributed by atoms with Gasteiger partial charge in [-0.15, -0.1) is 0 Å². The third kappa shape index (κ3) is 4.30. The summed E-state index contributed by atoms with van der Waals surface area (Å²) in [6.07, 6.45) is 0. The molecular formula is C18H22FNO. The second-order valence-electron chi connectivity index (χ2n) is 5.24. The summed E-state index contributed by atoms with van der Waals surface area (Å²) in [5, 5.41) is 3.43. The van der Waals surface area contributed by atoms with E-state index in [2.05, 4.69) is 44.3 Å². The monoisotopic (exact) mass is 287 g/mol. The number of hydrogen-bond donors (Lipinski definition) is 1. The van der Waals surface area contributed by atoms with Gasteiger partial charge in [-0.05, 0) is 43.7 Å². The van der Waals surface area contributed by atoms with Crippen LogP contribution < -0.4 is 10.1 Å². The Morgan fingerprint density at radius 3 is 2.62 bits per heavy atom. The zero-order chi connectivity index (χ0) is 15.2. The molecule has 1 N–H and O–H groups in total. The molecule has 0 bridgehead atoms. The van der Waals surface area contributed by atoms with Gasteiger partial charge in [0, 0.05) is 6.07 Å². The van der Waals surface area contributed by atoms with Crippen molar-refractivity contribution in [1.29, 1.82) is 0 Å². The van der Waals surface area contributed by atoms with E-state index >= 15 is 0 Å². The highest BCUT2D eigenvalue weighted by molar-refractivity contribution is 5.33. The largest absolute Gasteiger partial charge is 0.492 e. The van der Waals surface area contributed by atoms with Gasteiger partial charge < -0.3 is 10.1 Å². The maximum atomic E-state index is 13.2. The maximum Gasteiger partial charge on any atom is 0.126 e. The second-order valence-corrected chi connectivity index (χ2v) is 5.24. The molecule has 2 rings (SSSR count). The molecule has 0 saturated carbocycles. The lowest BCUT2D eigenvalue weighted by Crippen LogP contribution is -2.27. The summed E-state index contributed by atoms with van der Waals surface area (Å²) in [5.41, 5.74) is 3.71. The molecule has 3 heteroatoms. The third-order valence-electron chi connectivity index (χ3n) is 3.46. The summed E-state index contributed by atoms with van der Waals surface area (Å²) in [7, 11) is 0. The maximum absolute atomic E-state index is 13.2. The summed E-state index contributed by atoms with van der Waals surface area (Å²) in [6.45, 7) is 7.58. The number of hydrogen-bond acceptors (Lipinski definition) is 2. The molecule has 0 fully saturated rings. The highest BCUT2D eigenvalue weighted by Gasteiger charge is 2.14. The molecule has 0 radical (unpaired) electrons. The Hall–Kier alpha value is -1.87. The Morgan fingerprint density at radius 2 is 1.95 bits per heavy atom. The van der Waals surface area contributed by atoms with Crippen LogP contribution in [-0.4, -0.2) is 13.2 Å². The standard InChI is InChI=1S/C18H22FNO/c1-4-20-18(17-9-8-13(2)10-14(17)3)12-21-16-7-5-6-15(19)11-16/h5-11,18,20H,4,12H2,1-3H3. The molecule has 1 unspecified atom stereocenters. The predicted octanol–water partition coefficient (Wildman–Crippen LogP) is 4.17. The minimum absolute atomic E-state index is 0.0962. The summed E-state index contributed by atoms with van der Waals surface area (Å²) in [5.74, 6) is 0.279. The highest BCUT2D eigenvalue weighted by Crippen LogP contribution is 2.21. The van der Waals surface area contributed by atoms with Crippen LogP contribution in [0.2, 0.25) is 0 Å². The van der Waals surface area contributed by atoms with E-state index in [1.54, 1.807) is 12.1 Å². The SMILES string of the molecule is CCNC(COc1cccc(F)c1)c1ccc(C)cc1C. The molecule has 0 aliphatic heterocycles. The zero-order valence-corrected chi connectivity index (χ0v) is 12.8. The molecule has 2 nitrogen and oxygen atoms in total. The van der Waals surface area contributed by atoms with Crippen molar-refractivity contribution in [2.75, 3.05) is 13.2 Å². The lowest BCUT2D eigenvalue weighted by Gasteiger charge is -2.21. The second kappa shape index (κ2) is 7.23. The van der Waals surface area contributed by atoms with Gasteiger partial charge >= 0.3 is 0 Å². The summed E-state index contributed by atoms with van der Waals surface area (Å²) >= 11 is 0. The molecule has 2 aromatic carbocycles. The van der Waals surface area contributed by atoms with Crippen molar-refractivity contribution in [3.63, 3.8) is 0 Å². The van der Waals surface area contributed by atoms with Crippen LogP contribution in [0, 0.1) is 19.7 Å². The van der Waals surface area contributed by atoms with Crippen LogP contribution >= 0.6 is 0 Å². The fourth-order valence-electron chi connectivity index (χ4n) is 2.46. The number of ether oxygens (including phenoxy) is 1. The van der Waals surface area contributed by atoms with Crippen LogP contribution in [0.5, 0.6) is 5.75 Å². The van der Waals surface area contributed by atoms with Crippen molar-refractivity contribution < 1.29 is 9.13 Å². The number of likely N-dealkylation sites (N-methyl/N-ethyl adjacent to an activating group) is 1. The third-order valence-corrected chi connectivity index (χ3v) is 3.46. The molecule has 0 amide bonds. The fraction of sp³-hybridized carbons (Fsp3) is 0.333. The van der Waals surface area contributed by atoms with E-state index in [1.807, 2.05) is 0 Å². The quantitative estimate of drug-likeness (QED) is 0.861. The molecule has 0 aliphatic carbocycles. The summed E-state index contributed by atoms with van der Waals surface area (Å²) in [6, 6.07) is 12.8. The van der Waals surface area contributed by atoms with Gasteiger partial charge in [-0.2, -0.15) is 0 Å². The number of nitrogens with one attached hydrogen (secondary N) is 1. The first-order chi connectivity index (χ1) is 10.1. The molecule has 0 saturated heterocycles. The lowest BCUT2D eigenvalue weighted by molar-refractivity contribution is 0.266. The van der Waals surface area contributed by atoms with E-state index in [4.69, 9.17) is 4.74 Å². The van der Waals surface area contributed by atoms with Gasteiger partial charge in [0.2, 0.25) is 0 Å². The Labute approximate surface area is 126 Å². The minimum Gasteiger partial charge on any atom is -0.492 e. The van der Waals surface area contributed by atoms with Crippen LogP contribution in [0.3, 0.4) is 0 Å². The highest BCUT2D eigenvalue weighted by atomic mass is 19.1. The fourth-order valence-corrected chi connectivity index (χ4v) is 2.46. The van der Waals surface area contributed by atoms with E-state index in [0.29, 0.717) is 12.4 Å². The number of halogens is 1. The summed E-state index contributed by atoms with van der Waals surface area (Å²) in [4.78, 5) is 0. The van der Waals surface area contributed by atoms with E-state index in [0.717, 1.165) is 6.54 Å². The van der Waals surface area contributed by atoms with Crippen molar-refractivity contribution >= 4 is 0 Å². The Bertz CT molecular complexity index is 598. The smallest absolute Gasteiger partial charge is 0.126 e. The van der Waals surface area contributed by atoms with Gasteiger partial charge in [0.05, 0.1) is 6.04 Å². The molecule has 1 atom stereocenters. The predicted molar refractivity (Wildman–Crippen MR) is 84.2 cm³/mol. The van der Waals surface area contributed by atoms with Crippen LogP contribution in [0.1, 0.15) is 29.7 Å². The Balaban J connectivity index is 2.12. The van der Waals surface area contributed by atoms with Crippen molar-refractivity contribution in [3.8, 4) is 5.75 Å². The summed E-state index contributed by atoms with van der Waals surface area (Å²) < 4.78 is 18.9. The molecule has 21 heavy (non-hydrogen) atoms. The molecule has 0 spiro atoms.